The molecule has 2 aliphatic heterocycles. The van der Waals surface area contributed by atoms with Crippen LogP contribution < -0.4 is 10.6 Å². The zero-order chi connectivity index (χ0) is 11.7. The molecule has 1 aliphatic carbocycles. The highest BCUT2D eigenvalue weighted by molar-refractivity contribution is 5.76. The van der Waals surface area contributed by atoms with Gasteiger partial charge >= 0.3 is 0 Å². The summed E-state index contributed by atoms with van der Waals surface area (Å²) in [7, 11) is 0. The number of carbonyl (C=O) groups excluding carboxylic acids is 1. The van der Waals surface area contributed by atoms with Gasteiger partial charge in [-0.3, -0.25) is 9.69 Å². The second-order valence-electron chi connectivity index (χ2n) is 5.69. The molecule has 0 aromatic heterocycles. The standard InChI is InChI=1S/C13H23N3O/c17-13(15-10-3-4-10)5-7-14-11-6-9-16-8-1-2-12(11)16/h10-12,14H,1-9H2,(H,15,17). The Kier molecular flexibility index (Phi) is 3.34. The molecule has 0 radical (unpaired) electrons. The third kappa shape index (κ3) is 2.80. The predicted octanol–water partition coefficient (Wildman–Crippen LogP) is 0.481. The van der Waals surface area contributed by atoms with E-state index in [9.17, 15) is 4.79 Å². The Morgan fingerprint density at radius 2 is 2.06 bits per heavy atom. The summed E-state index contributed by atoms with van der Waals surface area (Å²) in [5.41, 5.74) is 0. The van der Waals surface area contributed by atoms with Crippen molar-refractivity contribution in [2.45, 2.75) is 56.7 Å². The minimum atomic E-state index is 0.223. The van der Waals surface area contributed by atoms with Crippen LogP contribution in [0.2, 0.25) is 0 Å². The number of fused-ring (bicyclic) bond motifs is 1. The summed E-state index contributed by atoms with van der Waals surface area (Å²) in [4.78, 5) is 14.1. The van der Waals surface area contributed by atoms with Crippen molar-refractivity contribution in [2.75, 3.05) is 19.6 Å². The lowest BCUT2D eigenvalue weighted by Gasteiger charge is -2.21. The van der Waals surface area contributed by atoms with Crippen LogP contribution in [0.4, 0.5) is 0 Å². The normalized spacial score (nSPS) is 32.7. The minimum absolute atomic E-state index is 0.223. The van der Waals surface area contributed by atoms with Crippen LogP contribution in [-0.2, 0) is 4.79 Å². The van der Waals surface area contributed by atoms with Gasteiger partial charge in [0.25, 0.3) is 0 Å². The molecule has 1 amide bonds. The molecule has 2 atom stereocenters. The summed E-state index contributed by atoms with van der Waals surface area (Å²) in [5.74, 6) is 0.223. The summed E-state index contributed by atoms with van der Waals surface area (Å²) >= 11 is 0. The highest BCUT2D eigenvalue weighted by atomic mass is 16.1. The van der Waals surface area contributed by atoms with Gasteiger partial charge in [0.2, 0.25) is 5.91 Å². The van der Waals surface area contributed by atoms with Crippen LogP contribution >= 0.6 is 0 Å². The number of rotatable bonds is 5. The Morgan fingerprint density at radius 1 is 1.18 bits per heavy atom. The lowest BCUT2D eigenvalue weighted by atomic mass is 10.1. The number of hydrogen-bond donors (Lipinski definition) is 2. The summed E-state index contributed by atoms with van der Waals surface area (Å²) in [6.45, 7) is 3.37. The monoisotopic (exact) mass is 237 g/mol. The predicted molar refractivity (Wildman–Crippen MR) is 66.8 cm³/mol. The quantitative estimate of drug-likeness (QED) is 0.731. The molecule has 0 aromatic rings. The first-order valence-corrected chi connectivity index (χ1v) is 7.10. The van der Waals surface area contributed by atoms with E-state index in [2.05, 4.69) is 15.5 Å². The second-order valence-corrected chi connectivity index (χ2v) is 5.69. The second kappa shape index (κ2) is 4.94. The fraction of sp³-hybridized carbons (Fsp3) is 0.923. The Morgan fingerprint density at radius 3 is 2.88 bits per heavy atom. The Labute approximate surface area is 103 Å². The Hall–Kier alpha value is -0.610. The summed E-state index contributed by atoms with van der Waals surface area (Å²) in [6, 6.07) is 1.88. The van der Waals surface area contributed by atoms with E-state index in [4.69, 9.17) is 0 Å². The van der Waals surface area contributed by atoms with Crippen LogP contribution in [0.1, 0.15) is 38.5 Å². The molecule has 1 saturated carbocycles. The zero-order valence-electron chi connectivity index (χ0n) is 10.5. The van der Waals surface area contributed by atoms with Gasteiger partial charge in [0.1, 0.15) is 0 Å². The van der Waals surface area contributed by atoms with Gasteiger partial charge in [0.15, 0.2) is 0 Å². The van der Waals surface area contributed by atoms with Gasteiger partial charge in [-0.1, -0.05) is 0 Å². The van der Waals surface area contributed by atoms with Crippen molar-refractivity contribution in [1.82, 2.24) is 15.5 Å². The fourth-order valence-electron chi connectivity index (χ4n) is 3.22. The van der Waals surface area contributed by atoms with Crippen LogP contribution in [0.5, 0.6) is 0 Å². The first kappa shape index (κ1) is 11.5. The van der Waals surface area contributed by atoms with Crippen LogP contribution in [0.15, 0.2) is 0 Å². The van der Waals surface area contributed by atoms with E-state index >= 15 is 0 Å². The number of nitrogens with one attached hydrogen (secondary N) is 2. The van der Waals surface area contributed by atoms with E-state index in [1.54, 1.807) is 0 Å². The van der Waals surface area contributed by atoms with Gasteiger partial charge in [-0.2, -0.15) is 0 Å². The molecule has 17 heavy (non-hydrogen) atoms. The molecule has 96 valence electrons. The maximum absolute atomic E-state index is 11.5. The smallest absolute Gasteiger partial charge is 0.221 e. The number of hydrogen-bond acceptors (Lipinski definition) is 3. The lowest BCUT2D eigenvalue weighted by molar-refractivity contribution is -0.121. The first-order chi connectivity index (χ1) is 8.33. The van der Waals surface area contributed by atoms with Gasteiger partial charge in [-0.15, -0.1) is 0 Å². The Bertz CT molecular complexity index is 290. The maximum atomic E-state index is 11.5. The molecule has 4 nitrogen and oxygen atoms in total. The van der Waals surface area contributed by atoms with Gasteiger partial charge < -0.3 is 10.6 Å². The summed E-state index contributed by atoms with van der Waals surface area (Å²) in [6.07, 6.45) is 6.95. The molecule has 2 N–H and O–H groups in total. The van der Waals surface area contributed by atoms with Crippen molar-refractivity contribution in [2.24, 2.45) is 0 Å². The largest absolute Gasteiger partial charge is 0.353 e. The van der Waals surface area contributed by atoms with Gasteiger partial charge in [0, 0.05) is 37.6 Å². The maximum Gasteiger partial charge on any atom is 0.221 e. The molecule has 3 fully saturated rings. The average Bonchev–Trinajstić information content (AvgIpc) is 2.87. The first-order valence-electron chi connectivity index (χ1n) is 7.10. The van der Waals surface area contributed by atoms with Crippen LogP contribution in [0.25, 0.3) is 0 Å². The van der Waals surface area contributed by atoms with Gasteiger partial charge in [0.05, 0.1) is 0 Å². The van der Waals surface area contributed by atoms with Crippen molar-refractivity contribution >= 4 is 5.91 Å². The molecule has 2 heterocycles. The molecule has 0 bridgehead atoms. The SMILES string of the molecule is O=C(CCNC1CCN2CCCC12)NC1CC1. The lowest BCUT2D eigenvalue weighted by Crippen LogP contribution is -2.40. The Balaban J connectivity index is 1.35. The van der Waals surface area contributed by atoms with Crippen molar-refractivity contribution in [1.29, 1.82) is 0 Å². The topological polar surface area (TPSA) is 44.4 Å². The van der Waals surface area contributed by atoms with Gasteiger partial charge in [-0.05, 0) is 38.6 Å². The molecule has 0 aromatic carbocycles. The van der Waals surface area contributed by atoms with E-state index in [1.807, 2.05) is 0 Å². The van der Waals surface area contributed by atoms with E-state index < -0.39 is 0 Å². The minimum Gasteiger partial charge on any atom is -0.353 e. The zero-order valence-corrected chi connectivity index (χ0v) is 10.5. The fourth-order valence-corrected chi connectivity index (χ4v) is 3.22. The van der Waals surface area contributed by atoms with Crippen molar-refractivity contribution < 1.29 is 4.79 Å². The summed E-state index contributed by atoms with van der Waals surface area (Å²) < 4.78 is 0. The van der Waals surface area contributed by atoms with Crippen molar-refractivity contribution in [3.05, 3.63) is 0 Å². The van der Waals surface area contributed by atoms with Crippen LogP contribution in [-0.4, -0.2) is 48.6 Å². The molecule has 4 heteroatoms. The summed E-state index contributed by atoms with van der Waals surface area (Å²) in [5, 5.41) is 6.61. The molecule has 0 spiro atoms. The van der Waals surface area contributed by atoms with Crippen LogP contribution in [0.3, 0.4) is 0 Å². The van der Waals surface area contributed by atoms with E-state index in [1.165, 1.54) is 45.2 Å². The third-order valence-electron chi connectivity index (χ3n) is 4.31. The van der Waals surface area contributed by atoms with E-state index in [-0.39, 0.29) is 5.91 Å². The molecule has 2 unspecified atom stereocenters. The van der Waals surface area contributed by atoms with Crippen molar-refractivity contribution in [3.63, 3.8) is 0 Å². The molecular weight excluding hydrogens is 214 g/mol. The number of nitrogens with zero attached hydrogens (tertiary/aromatic N) is 1. The number of amides is 1. The average molecular weight is 237 g/mol. The number of carbonyl (C=O) groups is 1. The highest BCUT2D eigenvalue weighted by Crippen LogP contribution is 2.27. The van der Waals surface area contributed by atoms with Crippen LogP contribution in [0, 0.1) is 0 Å². The third-order valence-corrected chi connectivity index (χ3v) is 4.31. The van der Waals surface area contributed by atoms with Crippen molar-refractivity contribution in [3.8, 4) is 0 Å². The highest BCUT2D eigenvalue weighted by Gasteiger charge is 2.36. The molecule has 3 aliphatic rings. The van der Waals surface area contributed by atoms with E-state index in [0.717, 1.165) is 12.6 Å². The van der Waals surface area contributed by atoms with E-state index in [0.29, 0.717) is 18.5 Å². The molecular formula is C13H23N3O. The molecule has 2 saturated heterocycles. The molecule has 3 rings (SSSR count). The van der Waals surface area contributed by atoms with Gasteiger partial charge in [-0.25, -0.2) is 0 Å².